The Kier molecular flexibility index (Phi) is 4.80. The highest BCUT2D eigenvalue weighted by Gasteiger charge is 2.11. The van der Waals surface area contributed by atoms with Crippen LogP contribution < -0.4 is 5.73 Å². The van der Waals surface area contributed by atoms with Crippen molar-refractivity contribution in [2.45, 2.75) is 32.7 Å². The minimum Gasteiger partial charge on any atom is -0.346 e. The summed E-state index contributed by atoms with van der Waals surface area (Å²) in [6.07, 6.45) is 3.84. The third kappa shape index (κ3) is 2.92. The molecule has 3 N–H and O–H groups in total. The van der Waals surface area contributed by atoms with Gasteiger partial charge in [-0.1, -0.05) is 18.5 Å². The van der Waals surface area contributed by atoms with Crippen LogP contribution in [0.2, 0.25) is 5.15 Å². The molecule has 2 aromatic heterocycles. The third-order valence-corrected chi connectivity index (χ3v) is 3.09. The van der Waals surface area contributed by atoms with Gasteiger partial charge in [0.15, 0.2) is 0 Å². The smallest absolute Gasteiger partial charge is 0.139 e. The van der Waals surface area contributed by atoms with Gasteiger partial charge in [-0.3, -0.25) is 0 Å². The van der Waals surface area contributed by atoms with Crippen molar-refractivity contribution in [2.75, 3.05) is 0 Å². The molecular formula is C12H17Cl2N3. The van der Waals surface area contributed by atoms with Gasteiger partial charge in [0.1, 0.15) is 10.8 Å². The zero-order valence-corrected chi connectivity index (χ0v) is 11.5. The molecule has 0 amide bonds. The van der Waals surface area contributed by atoms with Crippen molar-refractivity contribution < 1.29 is 0 Å². The van der Waals surface area contributed by atoms with Crippen molar-refractivity contribution in [1.82, 2.24) is 9.97 Å². The van der Waals surface area contributed by atoms with Gasteiger partial charge < -0.3 is 10.7 Å². The molecule has 0 spiro atoms. The Balaban J connectivity index is 0.00000144. The highest BCUT2D eigenvalue weighted by Crippen LogP contribution is 2.24. The predicted octanol–water partition coefficient (Wildman–Crippen LogP) is 3.23. The van der Waals surface area contributed by atoms with Crippen molar-refractivity contribution in [1.29, 1.82) is 0 Å². The van der Waals surface area contributed by atoms with E-state index in [-0.39, 0.29) is 18.4 Å². The maximum atomic E-state index is 5.97. The lowest BCUT2D eigenvalue weighted by atomic mass is 10.0. The summed E-state index contributed by atoms with van der Waals surface area (Å²) in [5, 5.41) is 1.69. The minimum atomic E-state index is 0. The van der Waals surface area contributed by atoms with Crippen LogP contribution >= 0.6 is 24.0 Å². The van der Waals surface area contributed by atoms with Gasteiger partial charge in [-0.15, -0.1) is 12.4 Å². The molecule has 0 bridgehead atoms. The standard InChI is InChI=1S/C12H16ClN3.ClH/c1-3-9(14)5-8-6-15-12-11(8)7(2)4-10(13)16-12;/h4,6,9H,3,5,14H2,1-2H3,(H,15,16);1H. The molecule has 0 aliphatic heterocycles. The van der Waals surface area contributed by atoms with Crippen LogP contribution in [0.4, 0.5) is 0 Å². The number of hydrogen-bond acceptors (Lipinski definition) is 2. The van der Waals surface area contributed by atoms with Gasteiger partial charge in [0.2, 0.25) is 0 Å². The van der Waals surface area contributed by atoms with Crippen LogP contribution in [-0.4, -0.2) is 16.0 Å². The van der Waals surface area contributed by atoms with Crippen molar-refractivity contribution in [3.05, 3.63) is 28.5 Å². The number of nitrogens with one attached hydrogen (secondary N) is 1. The average molecular weight is 274 g/mol. The summed E-state index contributed by atoms with van der Waals surface area (Å²) in [7, 11) is 0. The molecule has 0 aliphatic carbocycles. The number of aromatic amines is 1. The van der Waals surface area contributed by atoms with Crippen molar-refractivity contribution in [2.24, 2.45) is 5.73 Å². The molecule has 2 rings (SSSR count). The summed E-state index contributed by atoms with van der Waals surface area (Å²) >= 11 is 5.91. The maximum Gasteiger partial charge on any atom is 0.139 e. The van der Waals surface area contributed by atoms with E-state index in [1.165, 1.54) is 5.56 Å². The molecule has 17 heavy (non-hydrogen) atoms. The quantitative estimate of drug-likeness (QED) is 0.844. The van der Waals surface area contributed by atoms with Gasteiger partial charge in [-0.25, -0.2) is 4.98 Å². The van der Waals surface area contributed by atoms with E-state index < -0.39 is 0 Å². The zero-order valence-electron chi connectivity index (χ0n) is 9.96. The lowest BCUT2D eigenvalue weighted by molar-refractivity contribution is 0.648. The molecule has 2 heterocycles. The molecule has 3 nitrogen and oxygen atoms in total. The lowest BCUT2D eigenvalue weighted by Gasteiger charge is -2.08. The molecule has 0 radical (unpaired) electrons. The van der Waals surface area contributed by atoms with Crippen LogP contribution in [0, 0.1) is 6.92 Å². The van der Waals surface area contributed by atoms with E-state index in [9.17, 15) is 0 Å². The molecule has 0 saturated heterocycles. The first-order chi connectivity index (χ1) is 7.61. The first-order valence-electron chi connectivity index (χ1n) is 5.50. The van der Waals surface area contributed by atoms with E-state index in [1.54, 1.807) is 0 Å². The second-order valence-electron chi connectivity index (χ2n) is 4.17. The van der Waals surface area contributed by atoms with E-state index in [2.05, 4.69) is 16.9 Å². The Labute approximate surface area is 112 Å². The lowest BCUT2D eigenvalue weighted by Crippen LogP contribution is -2.21. The van der Waals surface area contributed by atoms with E-state index in [1.807, 2.05) is 19.2 Å². The molecule has 0 aliphatic rings. The summed E-state index contributed by atoms with van der Waals surface area (Å²) in [6.45, 7) is 4.15. The summed E-state index contributed by atoms with van der Waals surface area (Å²) in [5.41, 5.74) is 9.20. The Bertz CT molecular complexity index is 508. The zero-order chi connectivity index (χ0) is 11.7. The number of hydrogen-bond donors (Lipinski definition) is 2. The van der Waals surface area contributed by atoms with Crippen molar-refractivity contribution in [3.63, 3.8) is 0 Å². The van der Waals surface area contributed by atoms with Crippen LogP contribution in [0.5, 0.6) is 0 Å². The Morgan fingerprint density at radius 1 is 1.53 bits per heavy atom. The number of rotatable bonds is 3. The number of pyridine rings is 1. The number of nitrogens with two attached hydrogens (primary N) is 1. The fourth-order valence-corrected chi connectivity index (χ4v) is 2.21. The van der Waals surface area contributed by atoms with Crippen LogP contribution in [0.3, 0.4) is 0 Å². The van der Waals surface area contributed by atoms with E-state index in [4.69, 9.17) is 17.3 Å². The highest BCUT2D eigenvalue weighted by molar-refractivity contribution is 6.29. The van der Waals surface area contributed by atoms with Crippen LogP contribution in [-0.2, 0) is 6.42 Å². The van der Waals surface area contributed by atoms with Crippen molar-refractivity contribution in [3.8, 4) is 0 Å². The number of H-pyrrole nitrogens is 1. The molecule has 2 aromatic rings. The maximum absolute atomic E-state index is 5.97. The van der Waals surface area contributed by atoms with Gasteiger partial charge in [0, 0.05) is 17.6 Å². The van der Waals surface area contributed by atoms with Gasteiger partial charge >= 0.3 is 0 Å². The normalized spacial score (nSPS) is 12.5. The summed E-state index contributed by atoms with van der Waals surface area (Å²) in [4.78, 5) is 7.41. The first kappa shape index (κ1) is 14.3. The molecule has 94 valence electrons. The van der Waals surface area contributed by atoms with Crippen LogP contribution in [0.1, 0.15) is 24.5 Å². The SMILES string of the molecule is CCC(N)Cc1c[nH]c2nc(Cl)cc(C)c12.Cl. The average Bonchev–Trinajstić information content (AvgIpc) is 2.61. The number of nitrogens with zero attached hydrogens (tertiary/aromatic N) is 1. The largest absolute Gasteiger partial charge is 0.346 e. The Hall–Kier alpha value is -0.770. The fraction of sp³-hybridized carbons (Fsp3) is 0.417. The van der Waals surface area contributed by atoms with Gasteiger partial charge in [0.05, 0.1) is 0 Å². The number of halogens is 2. The molecule has 0 fully saturated rings. The fourth-order valence-electron chi connectivity index (χ4n) is 1.96. The molecule has 1 unspecified atom stereocenters. The summed E-state index contributed by atoms with van der Waals surface area (Å²) in [5.74, 6) is 0. The second kappa shape index (κ2) is 5.71. The van der Waals surface area contributed by atoms with Crippen LogP contribution in [0.15, 0.2) is 12.3 Å². The minimum absolute atomic E-state index is 0. The number of aryl methyl sites for hydroxylation is 1. The highest BCUT2D eigenvalue weighted by atomic mass is 35.5. The molecular weight excluding hydrogens is 257 g/mol. The predicted molar refractivity (Wildman–Crippen MR) is 75.1 cm³/mol. The molecule has 1 atom stereocenters. The van der Waals surface area contributed by atoms with Crippen LogP contribution in [0.25, 0.3) is 11.0 Å². The third-order valence-electron chi connectivity index (χ3n) is 2.90. The van der Waals surface area contributed by atoms with E-state index >= 15 is 0 Å². The molecule has 5 heteroatoms. The van der Waals surface area contributed by atoms with Gasteiger partial charge in [-0.05, 0) is 37.0 Å². The Morgan fingerprint density at radius 3 is 2.88 bits per heavy atom. The topological polar surface area (TPSA) is 54.7 Å². The van der Waals surface area contributed by atoms with E-state index in [0.29, 0.717) is 5.15 Å². The second-order valence-corrected chi connectivity index (χ2v) is 4.56. The summed E-state index contributed by atoms with van der Waals surface area (Å²) < 4.78 is 0. The Morgan fingerprint density at radius 2 is 2.24 bits per heavy atom. The summed E-state index contributed by atoms with van der Waals surface area (Å²) in [6, 6.07) is 2.09. The molecule has 0 aromatic carbocycles. The van der Waals surface area contributed by atoms with Gasteiger partial charge in [-0.2, -0.15) is 0 Å². The van der Waals surface area contributed by atoms with Gasteiger partial charge in [0.25, 0.3) is 0 Å². The monoisotopic (exact) mass is 273 g/mol. The molecule has 0 saturated carbocycles. The van der Waals surface area contributed by atoms with Crippen molar-refractivity contribution >= 4 is 35.0 Å². The van der Waals surface area contributed by atoms with E-state index in [0.717, 1.165) is 29.4 Å². The number of aromatic nitrogens is 2. The first-order valence-corrected chi connectivity index (χ1v) is 5.88. The number of fused-ring (bicyclic) bond motifs is 1.